The van der Waals surface area contributed by atoms with Gasteiger partial charge in [-0.15, -0.1) is 0 Å². The fourth-order valence-electron chi connectivity index (χ4n) is 2.55. The molecule has 1 amide bonds. The fraction of sp³-hybridized carbons (Fsp3) is 0.188. The maximum atomic E-state index is 13.6. The highest BCUT2D eigenvalue weighted by Gasteiger charge is 2.28. The smallest absolute Gasteiger partial charge is 0.261 e. The number of hydrogen-bond acceptors (Lipinski definition) is 3. The zero-order valence-corrected chi connectivity index (χ0v) is 13.3. The summed E-state index contributed by atoms with van der Waals surface area (Å²) in [6, 6.07) is 9.22. The Labute approximate surface area is 138 Å². The van der Waals surface area contributed by atoms with E-state index in [1.54, 1.807) is 0 Å². The molecule has 8 heteroatoms. The number of carbonyl (C=O) groups is 1. The lowest BCUT2D eigenvalue weighted by molar-refractivity contribution is 0.101. The number of benzene rings is 2. The third-order valence-corrected chi connectivity index (χ3v) is 5.57. The van der Waals surface area contributed by atoms with Gasteiger partial charge in [0.05, 0.1) is 11.4 Å². The minimum Gasteiger partial charge on any atom is -0.322 e. The molecule has 24 heavy (non-hydrogen) atoms. The van der Waals surface area contributed by atoms with Crippen molar-refractivity contribution in [2.24, 2.45) is 0 Å². The Kier molecular flexibility index (Phi) is 4.23. The summed E-state index contributed by atoms with van der Waals surface area (Å²) in [5, 5.41) is 2.39. The van der Waals surface area contributed by atoms with E-state index in [-0.39, 0.29) is 5.75 Å². The Morgan fingerprint density at radius 2 is 1.67 bits per heavy atom. The third-order valence-electron chi connectivity index (χ3n) is 3.70. The molecular formula is C16H14F2N2O3S. The molecule has 1 fully saturated rings. The van der Waals surface area contributed by atoms with E-state index in [0.29, 0.717) is 24.3 Å². The number of hydrogen-bond donors (Lipinski definition) is 1. The molecule has 1 aliphatic heterocycles. The zero-order chi connectivity index (χ0) is 17.3. The van der Waals surface area contributed by atoms with Crippen LogP contribution in [-0.4, -0.2) is 26.6 Å². The van der Waals surface area contributed by atoms with Gasteiger partial charge in [0.1, 0.15) is 17.2 Å². The lowest BCUT2D eigenvalue weighted by Gasteiger charge is -2.17. The first kappa shape index (κ1) is 16.4. The standard InChI is InChI=1S/C16H14F2N2O3S/c17-13-3-1-4-14(18)15(13)16(21)19-11-5-7-12(8-6-11)20-9-2-10-24(20,22)23/h1,3-8H,2,9-10H2,(H,19,21). The van der Waals surface area contributed by atoms with Gasteiger partial charge in [0, 0.05) is 12.2 Å². The summed E-state index contributed by atoms with van der Waals surface area (Å²) in [6.07, 6.45) is 0.563. The molecular weight excluding hydrogens is 338 g/mol. The first-order valence-electron chi connectivity index (χ1n) is 7.24. The Morgan fingerprint density at radius 3 is 2.21 bits per heavy atom. The topological polar surface area (TPSA) is 66.5 Å². The molecule has 1 heterocycles. The van der Waals surface area contributed by atoms with Crippen LogP contribution in [0.4, 0.5) is 20.2 Å². The first-order chi connectivity index (χ1) is 11.4. The molecule has 1 N–H and O–H groups in total. The number of anilines is 2. The molecule has 0 atom stereocenters. The maximum Gasteiger partial charge on any atom is 0.261 e. The van der Waals surface area contributed by atoms with Crippen LogP contribution in [0.1, 0.15) is 16.8 Å². The highest BCUT2D eigenvalue weighted by atomic mass is 32.2. The van der Waals surface area contributed by atoms with Crippen molar-refractivity contribution in [2.45, 2.75) is 6.42 Å². The normalized spacial score (nSPS) is 16.2. The molecule has 0 aromatic heterocycles. The molecule has 1 saturated heterocycles. The second-order valence-electron chi connectivity index (χ2n) is 5.34. The predicted molar refractivity (Wildman–Crippen MR) is 86.5 cm³/mol. The van der Waals surface area contributed by atoms with Crippen LogP contribution in [0.2, 0.25) is 0 Å². The van der Waals surface area contributed by atoms with Gasteiger partial charge in [-0.2, -0.15) is 0 Å². The largest absolute Gasteiger partial charge is 0.322 e. The lowest BCUT2D eigenvalue weighted by atomic mass is 10.1. The van der Waals surface area contributed by atoms with E-state index in [4.69, 9.17) is 0 Å². The summed E-state index contributed by atoms with van der Waals surface area (Å²) in [4.78, 5) is 12.0. The van der Waals surface area contributed by atoms with Crippen LogP contribution in [0.15, 0.2) is 42.5 Å². The fourth-order valence-corrected chi connectivity index (χ4v) is 4.11. The van der Waals surface area contributed by atoms with Crippen molar-refractivity contribution in [3.63, 3.8) is 0 Å². The van der Waals surface area contributed by atoms with Gasteiger partial charge in [-0.25, -0.2) is 17.2 Å². The van der Waals surface area contributed by atoms with E-state index in [0.717, 1.165) is 12.1 Å². The number of sulfonamides is 1. The average Bonchev–Trinajstić information content (AvgIpc) is 2.87. The average molecular weight is 352 g/mol. The van der Waals surface area contributed by atoms with E-state index >= 15 is 0 Å². The molecule has 0 spiro atoms. The van der Waals surface area contributed by atoms with E-state index in [1.807, 2.05) is 0 Å². The van der Waals surface area contributed by atoms with E-state index in [1.165, 1.54) is 34.6 Å². The van der Waals surface area contributed by atoms with Crippen molar-refractivity contribution in [1.29, 1.82) is 0 Å². The molecule has 0 saturated carbocycles. The van der Waals surface area contributed by atoms with Gasteiger partial charge in [0.25, 0.3) is 5.91 Å². The zero-order valence-electron chi connectivity index (χ0n) is 12.5. The van der Waals surface area contributed by atoms with Crippen molar-refractivity contribution >= 4 is 27.3 Å². The van der Waals surface area contributed by atoms with E-state index < -0.39 is 33.1 Å². The van der Waals surface area contributed by atoms with Crippen LogP contribution in [0, 0.1) is 11.6 Å². The van der Waals surface area contributed by atoms with Crippen LogP contribution < -0.4 is 9.62 Å². The SMILES string of the molecule is O=C(Nc1ccc(N2CCCS2(=O)=O)cc1)c1c(F)cccc1F. The second-order valence-corrected chi connectivity index (χ2v) is 7.35. The summed E-state index contributed by atoms with van der Waals surface area (Å²) >= 11 is 0. The first-order valence-corrected chi connectivity index (χ1v) is 8.85. The third kappa shape index (κ3) is 3.09. The number of nitrogens with one attached hydrogen (secondary N) is 1. The van der Waals surface area contributed by atoms with Gasteiger partial charge >= 0.3 is 0 Å². The van der Waals surface area contributed by atoms with Crippen molar-refractivity contribution < 1.29 is 22.0 Å². The molecule has 0 radical (unpaired) electrons. The van der Waals surface area contributed by atoms with Gasteiger partial charge in [-0.1, -0.05) is 6.07 Å². The molecule has 1 aliphatic rings. The second kappa shape index (κ2) is 6.20. The van der Waals surface area contributed by atoms with Crippen LogP contribution in [-0.2, 0) is 10.0 Å². The van der Waals surface area contributed by atoms with Gasteiger partial charge < -0.3 is 5.32 Å². The number of rotatable bonds is 3. The lowest BCUT2D eigenvalue weighted by Crippen LogP contribution is -2.25. The van der Waals surface area contributed by atoms with E-state index in [2.05, 4.69) is 5.32 Å². The highest BCUT2D eigenvalue weighted by Crippen LogP contribution is 2.25. The molecule has 0 aliphatic carbocycles. The minimum atomic E-state index is -3.28. The minimum absolute atomic E-state index is 0.109. The van der Waals surface area contributed by atoms with Crippen molar-refractivity contribution in [3.8, 4) is 0 Å². The summed E-state index contributed by atoms with van der Waals surface area (Å²) in [5.74, 6) is -2.70. The Hall–Kier alpha value is -2.48. The Morgan fingerprint density at radius 1 is 1.04 bits per heavy atom. The van der Waals surface area contributed by atoms with Gasteiger partial charge in [0.2, 0.25) is 10.0 Å². The number of nitrogens with zero attached hydrogens (tertiary/aromatic N) is 1. The Balaban J connectivity index is 1.79. The van der Waals surface area contributed by atoms with Crippen molar-refractivity contribution in [2.75, 3.05) is 21.9 Å². The number of halogens is 2. The van der Waals surface area contributed by atoms with Crippen LogP contribution in [0.25, 0.3) is 0 Å². The van der Waals surface area contributed by atoms with Crippen molar-refractivity contribution in [1.82, 2.24) is 0 Å². The Bertz CT molecular complexity index is 862. The quantitative estimate of drug-likeness (QED) is 0.924. The molecule has 2 aromatic carbocycles. The molecule has 0 unspecified atom stereocenters. The molecule has 2 aromatic rings. The van der Waals surface area contributed by atoms with Crippen LogP contribution in [0.3, 0.4) is 0 Å². The maximum absolute atomic E-state index is 13.6. The molecule has 3 rings (SSSR count). The number of amides is 1. The van der Waals surface area contributed by atoms with Gasteiger partial charge in [0.15, 0.2) is 0 Å². The summed E-state index contributed by atoms with van der Waals surface area (Å²) in [7, 11) is -3.28. The van der Waals surface area contributed by atoms with E-state index in [9.17, 15) is 22.0 Å². The monoisotopic (exact) mass is 352 g/mol. The molecule has 5 nitrogen and oxygen atoms in total. The van der Waals surface area contributed by atoms with Gasteiger partial charge in [-0.05, 0) is 42.8 Å². The highest BCUT2D eigenvalue weighted by molar-refractivity contribution is 7.93. The summed E-state index contributed by atoms with van der Waals surface area (Å²) < 4.78 is 52.2. The number of carbonyl (C=O) groups excluding carboxylic acids is 1. The van der Waals surface area contributed by atoms with Crippen LogP contribution >= 0.6 is 0 Å². The molecule has 126 valence electrons. The summed E-state index contributed by atoms with van der Waals surface area (Å²) in [6.45, 7) is 0.411. The van der Waals surface area contributed by atoms with Gasteiger partial charge in [-0.3, -0.25) is 9.10 Å². The van der Waals surface area contributed by atoms with Crippen molar-refractivity contribution in [3.05, 3.63) is 59.7 Å². The predicted octanol–water partition coefficient (Wildman–Crippen LogP) is 2.76. The molecule has 0 bridgehead atoms. The van der Waals surface area contributed by atoms with Crippen LogP contribution in [0.5, 0.6) is 0 Å². The summed E-state index contributed by atoms with van der Waals surface area (Å²) in [5.41, 5.74) is 0.134.